The summed E-state index contributed by atoms with van der Waals surface area (Å²) >= 11 is 1.96. The van der Waals surface area contributed by atoms with Crippen molar-refractivity contribution in [2.75, 3.05) is 0 Å². The van der Waals surface area contributed by atoms with Crippen LogP contribution in [0, 0.1) is 12.8 Å². The summed E-state index contributed by atoms with van der Waals surface area (Å²) in [5, 5.41) is 2.72. The Morgan fingerprint density at radius 3 is 2.58 bits per heavy atom. The Bertz CT molecular complexity index is 1810. The summed E-state index contributed by atoms with van der Waals surface area (Å²) in [4.78, 5) is 8.04. The minimum Gasteiger partial charge on any atom is -0.258 e. The lowest BCUT2D eigenvalue weighted by molar-refractivity contribution is 0.588. The van der Waals surface area contributed by atoms with E-state index in [-0.39, 0.29) is 0 Å². The van der Waals surface area contributed by atoms with Gasteiger partial charge in [-0.3, -0.25) is 4.99 Å². The van der Waals surface area contributed by atoms with Crippen molar-refractivity contribution in [1.29, 1.82) is 0 Å². The van der Waals surface area contributed by atoms with E-state index in [0.29, 0.717) is 5.92 Å². The highest BCUT2D eigenvalue weighted by Gasteiger charge is 2.26. The summed E-state index contributed by atoms with van der Waals surface area (Å²) in [6.45, 7) is 8.89. The first kappa shape index (κ1) is 29.5. The molecule has 0 radical (unpaired) electrons. The summed E-state index contributed by atoms with van der Waals surface area (Å²) in [6, 6.07) is 24.8. The summed E-state index contributed by atoms with van der Waals surface area (Å²) in [6.07, 6.45) is 19.2. The van der Waals surface area contributed by atoms with Crippen molar-refractivity contribution in [3.63, 3.8) is 0 Å². The molecule has 3 aliphatic rings. The van der Waals surface area contributed by atoms with E-state index >= 15 is 0 Å². The summed E-state index contributed by atoms with van der Waals surface area (Å²) < 4.78 is 0. The van der Waals surface area contributed by atoms with Gasteiger partial charge in [-0.2, -0.15) is 0 Å². The van der Waals surface area contributed by atoms with Gasteiger partial charge >= 0.3 is 0 Å². The Labute approximate surface area is 262 Å². The summed E-state index contributed by atoms with van der Waals surface area (Å²) in [7, 11) is 0. The lowest BCUT2D eigenvalue weighted by Gasteiger charge is -2.28. The van der Waals surface area contributed by atoms with Crippen molar-refractivity contribution >= 4 is 34.3 Å². The third kappa shape index (κ3) is 6.08. The Kier molecular flexibility index (Phi) is 9.14. The van der Waals surface area contributed by atoms with Gasteiger partial charge in [0.2, 0.25) is 0 Å². The van der Waals surface area contributed by atoms with E-state index in [0.717, 1.165) is 50.6 Å². The molecule has 1 atom stereocenters. The topological polar surface area (TPSA) is 12.4 Å². The smallest absolute Gasteiger partial charge is 0.0669 e. The van der Waals surface area contributed by atoms with E-state index in [9.17, 15) is 0 Å². The molecule has 2 heteroatoms. The number of nitrogens with zero attached hydrogens (tertiary/aromatic N) is 1. The molecule has 2 bridgehead atoms. The molecule has 3 aromatic rings. The van der Waals surface area contributed by atoms with Crippen LogP contribution in [-0.2, 0) is 6.42 Å². The Morgan fingerprint density at radius 2 is 1.77 bits per heavy atom. The number of allylic oxidation sites excluding steroid dienone is 8. The SMILES string of the molecule is C/C=C(\C=C/CC)C1=c2ccccc2=C(C2=CC=C3Sc4cccc(c4C)/N=C(/CCC)CCC3C2)Cc2ccccc21. The van der Waals surface area contributed by atoms with Crippen LogP contribution in [0.2, 0.25) is 0 Å². The lowest BCUT2D eigenvalue weighted by Crippen LogP contribution is -2.30. The second-order valence-electron chi connectivity index (χ2n) is 11.9. The fourth-order valence-electron chi connectivity index (χ4n) is 6.82. The van der Waals surface area contributed by atoms with Crippen molar-refractivity contribution in [1.82, 2.24) is 0 Å². The minimum absolute atomic E-state index is 0.494. The van der Waals surface area contributed by atoms with Crippen LogP contribution in [0.1, 0.15) is 76.0 Å². The average Bonchev–Trinajstić information content (AvgIpc) is 3.17. The van der Waals surface area contributed by atoms with Gasteiger partial charge in [0, 0.05) is 10.6 Å². The number of benzene rings is 3. The van der Waals surface area contributed by atoms with Crippen LogP contribution in [0.5, 0.6) is 0 Å². The number of aliphatic imine (C=N–C) groups is 1. The number of rotatable bonds is 6. The molecule has 218 valence electrons. The van der Waals surface area contributed by atoms with Crippen LogP contribution in [0.25, 0.3) is 11.1 Å². The monoisotopic (exact) mass is 581 g/mol. The van der Waals surface area contributed by atoms with Crippen LogP contribution in [-0.4, -0.2) is 5.71 Å². The largest absolute Gasteiger partial charge is 0.258 e. The van der Waals surface area contributed by atoms with E-state index in [2.05, 4.69) is 125 Å². The van der Waals surface area contributed by atoms with Gasteiger partial charge in [-0.05, 0) is 125 Å². The number of fused-ring (bicyclic) bond motifs is 5. The predicted octanol–water partition coefficient (Wildman–Crippen LogP) is 10.1. The maximum atomic E-state index is 5.20. The summed E-state index contributed by atoms with van der Waals surface area (Å²) in [5.74, 6) is 0.494. The fraction of sp³-hybridized carbons (Fsp3) is 0.293. The van der Waals surface area contributed by atoms with Crippen LogP contribution in [0.3, 0.4) is 0 Å². The molecule has 6 rings (SSSR count). The molecular formula is C41H43NS. The van der Waals surface area contributed by atoms with E-state index in [4.69, 9.17) is 4.99 Å². The maximum absolute atomic E-state index is 5.20. The van der Waals surface area contributed by atoms with Crippen molar-refractivity contribution in [3.05, 3.63) is 140 Å². The second kappa shape index (κ2) is 13.3. The first-order valence-electron chi connectivity index (χ1n) is 16.1. The zero-order valence-electron chi connectivity index (χ0n) is 26.1. The van der Waals surface area contributed by atoms with Gasteiger partial charge in [0.25, 0.3) is 0 Å². The highest BCUT2D eigenvalue weighted by Crippen LogP contribution is 2.45. The quantitative estimate of drug-likeness (QED) is 0.264. The van der Waals surface area contributed by atoms with Crippen LogP contribution >= 0.6 is 11.8 Å². The lowest BCUT2D eigenvalue weighted by atomic mass is 9.83. The minimum atomic E-state index is 0.494. The van der Waals surface area contributed by atoms with Gasteiger partial charge in [0.1, 0.15) is 0 Å². The Morgan fingerprint density at radius 1 is 0.953 bits per heavy atom. The van der Waals surface area contributed by atoms with Crippen molar-refractivity contribution < 1.29 is 0 Å². The molecule has 1 heterocycles. The summed E-state index contributed by atoms with van der Waals surface area (Å²) in [5.41, 5.74) is 12.2. The molecule has 0 spiro atoms. The first-order chi connectivity index (χ1) is 21.1. The zero-order valence-corrected chi connectivity index (χ0v) is 26.9. The van der Waals surface area contributed by atoms with Crippen molar-refractivity contribution in [3.8, 4) is 0 Å². The fourth-order valence-corrected chi connectivity index (χ4v) is 7.98. The van der Waals surface area contributed by atoms with E-state index in [1.807, 2.05) is 11.8 Å². The zero-order chi connectivity index (χ0) is 29.8. The molecule has 0 fully saturated rings. The van der Waals surface area contributed by atoms with Gasteiger partial charge < -0.3 is 0 Å². The molecule has 3 aromatic carbocycles. The highest BCUT2D eigenvalue weighted by molar-refractivity contribution is 8.03. The van der Waals surface area contributed by atoms with Gasteiger partial charge in [-0.1, -0.05) is 117 Å². The van der Waals surface area contributed by atoms with E-state index in [1.54, 1.807) is 0 Å². The molecular weight excluding hydrogens is 539 g/mol. The number of thioether (sulfide) groups is 1. The normalized spacial score (nSPS) is 19.9. The van der Waals surface area contributed by atoms with Gasteiger partial charge in [-0.15, -0.1) is 0 Å². The molecule has 0 N–H and O–H groups in total. The highest BCUT2D eigenvalue weighted by atomic mass is 32.2. The molecule has 0 aromatic heterocycles. The van der Waals surface area contributed by atoms with Crippen molar-refractivity contribution in [2.24, 2.45) is 10.9 Å². The molecule has 2 aliphatic carbocycles. The van der Waals surface area contributed by atoms with Crippen LogP contribution < -0.4 is 10.4 Å². The number of hydrogen-bond donors (Lipinski definition) is 0. The van der Waals surface area contributed by atoms with Gasteiger partial charge in [0.05, 0.1) is 5.69 Å². The second-order valence-corrected chi connectivity index (χ2v) is 13.0. The Hall–Kier alpha value is -3.62. The predicted molar refractivity (Wildman–Crippen MR) is 187 cm³/mol. The maximum Gasteiger partial charge on any atom is 0.0669 e. The van der Waals surface area contributed by atoms with E-state index < -0.39 is 0 Å². The number of hydrogen-bond acceptors (Lipinski definition) is 2. The third-order valence-corrected chi connectivity index (χ3v) is 10.5. The molecule has 1 aliphatic heterocycles. The van der Waals surface area contributed by atoms with Crippen LogP contribution in [0.4, 0.5) is 5.69 Å². The first-order valence-corrected chi connectivity index (χ1v) is 16.9. The van der Waals surface area contributed by atoms with Crippen molar-refractivity contribution in [2.45, 2.75) is 77.5 Å². The van der Waals surface area contributed by atoms with Gasteiger partial charge in [0.15, 0.2) is 0 Å². The standard InChI is InChI=1S/C41H43NS/c1-5-8-15-29(7-3)41-34-17-10-9-16-30(34)27-37(35-18-11-12-19-36(35)41)31-23-25-40-32(26-31)22-24-33(14-6-2)42-38-20-13-21-39(43-40)28(38)4/h7-13,15-21,23,25,32H,5-6,14,22,24,26-27H2,1-4H3/b15-8-,29-7+,42-33-. The Balaban J connectivity index is 1.52. The molecule has 0 saturated carbocycles. The van der Waals surface area contributed by atoms with E-state index in [1.165, 1.54) is 64.9 Å². The average molecular weight is 582 g/mol. The molecule has 0 amide bonds. The molecule has 0 saturated heterocycles. The molecule has 43 heavy (non-hydrogen) atoms. The molecule has 1 unspecified atom stereocenters. The van der Waals surface area contributed by atoms with Crippen LogP contribution in [0.15, 0.2) is 123 Å². The molecule has 1 nitrogen and oxygen atoms in total. The third-order valence-electron chi connectivity index (χ3n) is 9.10. The van der Waals surface area contributed by atoms with Gasteiger partial charge in [-0.25, -0.2) is 0 Å².